The largest absolute Gasteiger partial charge is 0.380 e. The van der Waals surface area contributed by atoms with Crippen LogP contribution in [0.2, 0.25) is 0 Å². The van der Waals surface area contributed by atoms with Crippen molar-refractivity contribution in [1.29, 1.82) is 0 Å². The second-order valence-corrected chi connectivity index (χ2v) is 3.23. The zero-order chi connectivity index (χ0) is 11.0. The van der Waals surface area contributed by atoms with E-state index in [9.17, 15) is 8.78 Å². The minimum atomic E-state index is -0.723. The van der Waals surface area contributed by atoms with Crippen LogP contribution >= 0.6 is 0 Å². The number of nitrogens with one attached hydrogen (secondary N) is 1. The molecule has 2 rings (SSSR count). The van der Waals surface area contributed by atoms with Crippen LogP contribution < -0.4 is 5.73 Å². The molecule has 0 radical (unpaired) electrons. The maximum Gasteiger partial charge on any atom is 0.192 e. The Morgan fingerprint density at radius 1 is 1.27 bits per heavy atom. The van der Waals surface area contributed by atoms with Crippen molar-refractivity contribution in [2.45, 2.75) is 6.92 Å². The van der Waals surface area contributed by atoms with Crippen molar-refractivity contribution < 1.29 is 8.78 Å². The number of nitrogen functional groups attached to an aromatic ring is 1. The van der Waals surface area contributed by atoms with Gasteiger partial charge in [0.05, 0.1) is 0 Å². The number of nitrogens with zero attached hydrogens (tertiary/aromatic N) is 1. The van der Waals surface area contributed by atoms with Gasteiger partial charge in [0.25, 0.3) is 0 Å². The fraction of sp³-hybridized carbons (Fsp3) is 0.100. The topological polar surface area (TPSA) is 54.7 Å². The minimum absolute atomic E-state index is 0.0197. The van der Waals surface area contributed by atoms with Gasteiger partial charge in [-0.1, -0.05) is 12.1 Å². The molecule has 0 spiro atoms. The molecule has 0 unspecified atom stereocenters. The number of halogens is 2. The summed E-state index contributed by atoms with van der Waals surface area (Å²) in [6, 6.07) is 4.72. The number of hydrogen-bond donors (Lipinski definition) is 2. The van der Waals surface area contributed by atoms with Crippen LogP contribution in [0.15, 0.2) is 18.2 Å². The van der Waals surface area contributed by atoms with Gasteiger partial charge in [-0.2, -0.15) is 5.10 Å². The zero-order valence-corrected chi connectivity index (χ0v) is 8.01. The van der Waals surface area contributed by atoms with Gasteiger partial charge in [-0.25, -0.2) is 8.78 Å². The number of aromatic nitrogens is 2. The molecule has 15 heavy (non-hydrogen) atoms. The fourth-order valence-electron chi connectivity index (χ4n) is 1.36. The Kier molecular flexibility index (Phi) is 2.15. The summed E-state index contributed by atoms with van der Waals surface area (Å²) in [5, 5.41) is 5.84. The quantitative estimate of drug-likeness (QED) is 0.756. The molecule has 3 nitrogen and oxygen atoms in total. The van der Waals surface area contributed by atoms with E-state index >= 15 is 0 Å². The number of H-pyrrole nitrogens is 1. The van der Waals surface area contributed by atoms with E-state index in [0.29, 0.717) is 5.56 Å². The van der Waals surface area contributed by atoms with Gasteiger partial charge in [0, 0.05) is 5.56 Å². The highest BCUT2D eigenvalue weighted by Crippen LogP contribution is 2.27. The number of nitrogens with two attached hydrogens (primary N) is 1. The highest BCUT2D eigenvalue weighted by Gasteiger charge is 2.16. The molecule has 0 aliphatic carbocycles. The molecular formula is C10H9F2N3. The number of aromatic amines is 1. The molecule has 1 aromatic heterocycles. The van der Waals surface area contributed by atoms with E-state index in [1.165, 1.54) is 6.07 Å². The maximum atomic E-state index is 13.6. The van der Waals surface area contributed by atoms with Gasteiger partial charge >= 0.3 is 0 Å². The molecule has 0 saturated carbocycles. The third kappa shape index (κ3) is 1.45. The summed E-state index contributed by atoms with van der Waals surface area (Å²) in [4.78, 5) is 0. The summed E-state index contributed by atoms with van der Waals surface area (Å²) in [6.45, 7) is 1.61. The molecule has 0 atom stereocenters. The summed E-state index contributed by atoms with van der Waals surface area (Å²) < 4.78 is 27.0. The van der Waals surface area contributed by atoms with Gasteiger partial charge in [0.2, 0.25) is 0 Å². The van der Waals surface area contributed by atoms with Crippen LogP contribution in [-0.2, 0) is 0 Å². The number of rotatable bonds is 1. The van der Waals surface area contributed by atoms with Crippen LogP contribution in [0.1, 0.15) is 5.56 Å². The highest BCUT2D eigenvalue weighted by molar-refractivity contribution is 5.64. The molecule has 3 N–H and O–H groups in total. The summed E-state index contributed by atoms with van der Waals surface area (Å²) >= 11 is 0. The van der Waals surface area contributed by atoms with E-state index in [-0.39, 0.29) is 17.1 Å². The van der Waals surface area contributed by atoms with Crippen molar-refractivity contribution in [3.05, 3.63) is 35.4 Å². The van der Waals surface area contributed by atoms with E-state index in [1.54, 1.807) is 19.1 Å². The lowest BCUT2D eigenvalue weighted by molar-refractivity contribution is 0.612. The Hall–Kier alpha value is -1.91. The zero-order valence-electron chi connectivity index (χ0n) is 8.01. The molecule has 0 bridgehead atoms. The normalized spacial score (nSPS) is 10.6. The molecule has 5 heteroatoms. The molecule has 1 aromatic carbocycles. The fourth-order valence-corrected chi connectivity index (χ4v) is 1.36. The summed E-state index contributed by atoms with van der Waals surface area (Å²) in [7, 11) is 0. The first kappa shape index (κ1) is 9.64. The lowest BCUT2D eigenvalue weighted by Gasteiger charge is -2.02. The van der Waals surface area contributed by atoms with E-state index < -0.39 is 11.6 Å². The molecule has 0 fully saturated rings. The molecular weight excluding hydrogens is 200 g/mol. The average Bonchev–Trinajstić information content (AvgIpc) is 2.53. The lowest BCUT2D eigenvalue weighted by Crippen LogP contribution is -1.91. The van der Waals surface area contributed by atoms with Crippen LogP contribution in [0.4, 0.5) is 14.6 Å². The SMILES string of the molecule is Cc1cccc(-c2[nH]nc(N)c2F)c1F. The van der Waals surface area contributed by atoms with Crippen LogP contribution in [0.25, 0.3) is 11.3 Å². The molecule has 2 aromatic rings. The van der Waals surface area contributed by atoms with Crippen LogP contribution in [-0.4, -0.2) is 10.2 Å². The maximum absolute atomic E-state index is 13.6. The highest BCUT2D eigenvalue weighted by atomic mass is 19.1. The van der Waals surface area contributed by atoms with Gasteiger partial charge in [0.1, 0.15) is 11.5 Å². The predicted octanol–water partition coefficient (Wildman–Crippen LogP) is 2.25. The van der Waals surface area contributed by atoms with E-state index in [4.69, 9.17) is 5.73 Å². The number of anilines is 1. The summed E-state index contributed by atoms with van der Waals surface area (Å²) in [5.41, 5.74) is 5.79. The van der Waals surface area contributed by atoms with Gasteiger partial charge in [-0.15, -0.1) is 0 Å². The third-order valence-corrected chi connectivity index (χ3v) is 2.19. The first-order valence-electron chi connectivity index (χ1n) is 4.36. The monoisotopic (exact) mass is 209 g/mol. The van der Waals surface area contributed by atoms with Crippen LogP contribution in [0, 0.1) is 18.6 Å². The van der Waals surface area contributed by atoms with E-state index in [0.717, 1.165) is 0 Å². The van der Waals surface area contributed by atoms with Crippen molar-refractivity contribution in [2.24, 2.45) is 0 Å². The average molecular weight is 209 g/mol. The second-order valence-electron chi connectivity index (χ2n) is 3.23. The van der Waals surface area contributed by atoms with Crippen LogP contribution in [0.5, 0.6) is 0 Å². The Labute approximate surface area is 84.9 Å². The number of hydrogen-bond acceptors (Lipinski definition) is 2. The third-order valence-electron chi connectivity index (χ3n) is 2.19. The summed E-state index contributed by atoms with van der Waals surface area (Å²) in [5.74, 6) is -1.45. The van der Waals surface area contributed by atoms with Crippen molar-refractivity contribution in [3.63, 3.8) is 0 Å². The lowest BCUT2D eigenvalue weighted by atomic mass is 10.1. The molecule has 0 saturated heterocycles. The molecule has 0 aliphatic rings. The minimum Gasteiger partial charge on any atom is -0.380 e. The standard InChI is InChI=1S/C10H9F2N3/c1-5-3-2-4-6(7(5)11)9-8(12)10(13)15-14-9/h2-4H,1H3,(H3,13,14,15). The first-order valence-corrected chi connectivity index (χ1v) is 4.36. The van der Waals surface area contributed by atoms with E-state index in [1.807, 2.05) is 0 Å². The molecule has 0 amide bonds. The van der Waals surface area contributed by atoms with Gasteiger partial charge in [-0.3, -0.25) is 5.10 Å². The molecule has 0 aliphatic heterocycles. The van der Waals surface area contributed by atoms with Gasteiger partial charge in [-0.05, 0) is 18.6 Å². The Morgan fingerprint density at radius 3 is 2.60 bits per heavy atom. The van der Waals surface area contributed by atoms with Gasteiger partial charge < -0.3 is 5.73 Å². The van der Waals surface area contributed by atoms with Crippen molar-refractivity contribution in [1.82, 2.24) is 10.2 Å². The molecule has 1 heterocycles. The summed E-state index contributed by atoms with van der Waals surface area (Å²) in [6.07, 6.45) is 0. The van der Waals surface area contributed by atoms with E-state index in [2.05, 4.69) is 10.2 Å². The molecule has 78 valence electrons. The number of benzene rings is 1. The Bertz CT molecular complexity index is 505. The second kappa shape index (κ2) is 3.34. The van der Waals surface area contributed by atoms with Crippen LogP contribution in [0.3, 0.4) is 0 Å². The smallest absolute Gasteiger partial charge is 0.192 e. The first-order chi connectivity index (χ1) is 7.11. The van der Waals surface area contributed by atoms with Crippen molar-refractivity contribution in [2.75, 3.05) is 5.73 Å². The predicted molar refractivity (Wildman–Crippen MR) is 53.1 cm³/mol. The Morgan fingerprint density at radius 2 is 2.00 bits per heavy atom. The Balaban J connectivity index is 2.64. The number of aryl methyl sites for hydroxylation is 1. The van der Waals surface area contributed by atoms with Gasteiger partial charge in [0.15, 0.2) is 11.6 Å². The van der Waals surface area contributed by atoms with Crippen molar-refractivity contribution >= 4 is 5.82 Å². The van der Waals surface area contributed by atoms with Crippen molar-refractivity contribution in [3.8, 4) is 11.3 Å².